The number of aromatic nitrogens is 1. The van der Waals surface area contributed by atoms with Crippen LogP contribution in [0.5, 0.6) is 0 Å². The molecule has 1 saturated heterocycles. The van der Waals surface area contributed by atoms with E-state index >= 15 is 0 Å². The summed E-state index contributed by atoms with van der Waals surface area (Å²) < 4.78 is 17.2. The minimum Gasteiger partial charge on any atom is -0.467 e. The van der Waals surface area contributed by atoms with Gasteiger partial charge in [0.25, 0.3) is 0 Å². The Balaban J connectivity index is 1.38. The van der Waals surface area contributed by atoms with Gasteiger partial charge in [-0.2, -0.15) is 0 Å². The summed E-state index contributed by atoms with van der Waals surface area (Å²) in [7, 11) is 1.32. The molecule has 2 aromatic heterocycles. The molecule has 0 saturated carbocycles. The molecule has 0 N–H and O–H groups in total. The second kappa shape index (κ2) is 10.0. The zero-order chi connectivity index (χ0) is 25.1. The van der Waals surface area contributed by atoms with Crippen LogP contribution in [-0.4, -0.2) is 53.4 Å². The Labute approximate surface area is 202 Å². The van der Waals surface area contributed by atoms with Gasteiger partial charge in [0.05, 0.1) is 31.4 Å². The lowest BCUT2D eigenvalue weighted by Crippen LogP contribution is -2.27. The Morgan fingerprint density at radius 2 is 1.86 bits per heavy atom. The number of amides is 1. The van der Waals surface area contributed by atoms with Crippen molar-refractivity contribution in [2.75, 3.05) is 20.3 Å². The standard InChI is InChI=1S/C26H26N2O7/c1-16-11-22(17(2)28(16)20-8-6-18(7-9-20)25(31)33-3)23(29)15-35-26(32)19-12-24(30)27(13-19)14-21-5-4-10-34-21/h4-11,19H,12-15H2,1-3H3/t19-/m0/s1. The first-order chi connectivity index (χ1) is 16.8. The molecule has 1 aliphatic heterocycles. The highest BCUT2D eigenvalue weighted by atomic mass is 16.5. The molecule has 1 atom stereocenters. The first-order valence-corrected chi connectivity index (χ1v) is 11.2. The van der Waals surface area contributed by atoms with Gasteiger partial charge in [-0.3, -0.25) is 14.4 Å². The average Bonchev–Trinajstić information content (AvgIpc) is 3.57. The van der Waals surface area contributed by atoms with Crippen molar-refractivity contribution in [1.29, 1.82) is 0 Å². The van der Waals surface area contributed by atoms with Gasteiger partial charge in [-0.25, -0.2) is 4.79 Å². The molecule has 1 fully saturated rings. The van der Waals surface area contributed by atoms with Crippen LogP contribution in [0.15, 0.2) is 53.1 Å². The van der Waals surface area contributed by atoms with Gasteiger partial charge in [0.15, 0.2) is 6.61 Å². The second-order valence-corrected chi connectivity index (χ2v) is 8.44. The third-order valence-electron chi connectivity index (χ3n) is 6.10. The second-order valence-electron chi connectivity index (χ2n) is 8.44. The largest absolute Gasteiger partial charge is 0.467 e. The van der Waals surface area contributed by atoms with Gasteiger partial charge in [-0.15, -0.1) is 0 Å². The number of hydrogen-bond acceptors (Lipinski definition) is 7. The lowest BCUT2D eigenvalue weighted by Gasteiger charge is -2.14. The normalized spacial score (nSPS) is 15.3. The summed E-state index contributed by atoms with van der Waals surface area (Å²) in [5, 5.41) is 0. The van der Waals surface area contributed by atoms with Crippen LogP contribution in [0.2, 0.25) is 0 Å². The van der Waals surface area contributed by atoms with E-state index in [-0.39, 0.29) is 24.7 Å². The van der Waals surface area contributed by atoms with Crippen molar-refractivity contribution < 1.29 is 33.1 Å². The first-order valence-electron chi connectivity index (χ1n) is 11.2. The fraction of sp³-hybridized carbons (Fsp3) is 0.308. The number of benzene rings is 1. The van der Waals surface area contributed by atoms with E-state index in [9.17, 15) is 19.2 Å². The van der Waals surface area contributed by atoms with Crippen molar-refractivity contribution in [3.63, 3.8) is 0 Å². The summed E-state index contributed by atoms with van der Waals surface area (Å²) in [4.78, 5) is 50.9. The Morgan fingerprint density at radius 1 is 1.11 bits per heavy atom. The summed E-state index contributed by atoms with van der Waals surface area (Å²) in [6.45, 7) is 3.78. The van der Waals surface area contributed by atoms with Gasteiger partial charge in [0.2, 0.25) is 11.7 Å². The molecule has 9 heteroatoms. The van der Waals surface area contributed by atoms with Gasteiger partial charge in [-0.05, 0) is 56.3 Å². The number of methoxy groups -OCH3 is 1. The maximum atomic E-state index is 12.9. The maximum absolute atomic E-state index is 12.9. The van der Waals surface area contributed by atoms with Gasteiger partial charge in [-0.1, -0.05) is 0 Å². The fourth-order valence-corrected chi connectivity index (χ4v) is 4.31. The van der Waals surface area contributed by atoms with E-state index in [0.29, 0.717) is 29.1 Å². The Bertz CT molecular complexity index is 1260. The van der Waals surface area contributed by atoms with Crippen molar-refractivity contribution in [2.45, 2.75) is 26.8 Å². The molecule has 3 aromatic rings. The van der Waals surface area contributed by atoms with E-state index in [0.717, 1.165) is 11.4 Å². The lowest BCUT2D eigenvalue weighted by atomic mass is 10.1. The predicted octanol–water partition coefficient (Wildman–Crippen LogP) is 3.25. The number of nitrogens with zero attached hydrogens (tertiary/aromatic N) is 2. The number of likely N-dealkylation sites (tertiary alicyclic amines) is 1. The molecule has 0 unspecified atom stereocenters. The molecule has 35 heavy (non-hydrogen) atoms. The van der Waals surface area contributed by atoms with Crippen LogP contribution in [0.3, 0.4) is 0 Å². The SMILES string of the molecule is COC(=O)c1ccc(-n2c(C)cc(C(=O)COC(=O)[C@H]3CC(=O)N(Cc4ccco4)C3)c2C)cc1. The number of ketones is 1. The number of aryl methyl sites for hydroxylation is 1. The van der Waals surface area contributed by atoms with E-state index in [4.69, 9.17) is 13.9 Å². The molecule has 1 amide bonds. The molecule has 9 nitrogen and oxygen atoms in total. The number of esters is 2. The molecule has 0 spiro atoms. The van der Waals surface area contributed by atoms with Gasteiger partial charge in [0.1, 0.15) is 5.76 Å². The number of rotatable bonds is 8. The monoisotopic (exact) mass is 478 g/mol. The highest BCUT2D eigenvalue weighted by Crippen LogP contribution is 2.24. The topological polar surface area (TPSA) is 108 Å². The molecule has 0 aliphatic carbocycles. The van der Waals surface area contributed by atoms with Crippen LogP contribution in [0.25, 0.3) is 5.69 Å². The highest BCUT2D eigenvalue weighted by molar-refractivity contribution is 5.99. The molecular weight excluding hydrogens is 452 g/mol. The minimum absolute atomic E-state index is 0.0455. The Morgan fingerprint density at radius 3 is 2.51 bits per heavy atom. The number of furan rings is 1. The average molecular weight is 479 g/mol. The molecular formula is C26H26N2O7. The minimum atomic E-state index is -0.619. The van der Waals surface area contributed by atoms with E-state index in [1.165, 1.54) is 13.4 Å². The zero-order valence-electron chi connectivity index (χ0n) is 19.8. The number of ether oxygens (including phenoxy) is 2. The van der Waals surface area contributed by atoms with E-state index in [2.05, 4.69) is 0 Å². The summed E-state index contributed by atoms with van der Waals surface area (Å²) in [5.74, 6) is -1.47. The van der Waals surface area contributed by atoms with Gasteiger partial charge in [0, 0.05) is 35.6 Å². The molecule has 0 radical (unpaired) electrons. The number of Topliss-reactive ketones (excluding diaryl/α,β-unsaturated/α-hetero) is 1. The third-order valence-corrected chi connectivity index (χ3v) is 6.10. The van der Waals surface area contributed by atoms with Gasteiger partial charge < -0.3 is 23.4 Å². The van der Waals surface area contributed by atoms with Crippen LogP contribution in [-0.2, 0) is 25.6 Å². The van der Waals surface area contributed by atoms with Crippen LogP contribution in [0, 0.1) is 19.8 Å². The Kier molecular flexibility index (Phi) is 6.86. The molecule has 0 bridgehead atoms. The Hall–Kier alpha value is -4.14. The van der Waals surface area contributed by atoms with Crippen molar-refractivity contribution in [3.05, 3.63) is 77.0 Å². The van der Waals surface area contributed by atoms with E-state index in [1.54, 1.807) is 54.3 Å². The van der Waals surface area contributed by atoms with Crippen LogP contribution < -0.4 is 0 Å². The highest BCUT2D eigenvalue weighted by Gasteiger charge is 2.36. The van der Waals surface area contributed by atoms with Crippen LogP contribution in [0.4, 0.5) is 0 Å². The van der Waals surface area contributed by atoms with Crippen molar-refractivity contribution in [1.82, 2.24) is 9.47 Å². The number of hydrogen-bond donors (Lipinski definition) is 0. The van der Waals surface area contributed by atoms with Crippen LogP contribution in [0.1, 0.15) is 44.3 Å². The predicted molar refractivity (Wildman–Crippen MR) is 124 cm³/mol. The van der Waals surface area contributed by atoms with Gasteiger partial charge >= 0.3 is 11.9 Å². The zero-order valence-corrected chi connectivity index (χ0v) is 19.8. The van der Waals surface area contributed by atoms with Crippen molar-refractivity contribution >= 4 is 23.6 Å². The van der Waals surface area contributed by atoms with E-state index in [1.807, 2.05) is 11.5 Å². The fourth-order valence-electron chi connectivity index (χ4n) is 4.31. The van der Waals surface area contributed by atoms with Crippen molar-refractivity contribution in [3.8, 4) is 5.69 Å². The number of carbonyl (C=O) groups is 4. The molecule has 3 heterocycles. The summed E-state index contributed by atoms with van der Waals surface area (Å²) in [6.07, 6.45) is 1.57. The number of carbonyl (C=O) groups excluding carboxylic acids is 4. The quantitative estimate of drug-likeness (QED) is 0.361. The molecule has 1 aliphatic rings. The molecule has 1 aromatic carbocycles. The summed E-state index contributed by atoms with van der Waals surface area (Å²) in [5.41, 5.74) is 3.15. The first kappa shape index (κ1) is 24.0. The summed E-state index contributed by atoms with van der Waals surface area (Å²) in [6, 6.07) is 12.1. The maximum Gasteiger partial charge on any atom is 0.337 e. The smallest absolute Gasteiger partial charge is 0.337 e. The van der Waals surface area contributed by atoms with Crippen molar-refractivity contribution in [2.24, 2.45) is 5.92 Å². The third kappa shape index (κ3) is 5.03. The molecule has 182 valence electrons. The van der Waals surface area contributed by atoms with Crippen LogP contribution >= 0.6 is 0 Å². The summed E-state index contributed by atoms with van der Waals surface area (Å²) >= 11 is 0. The molecule has 4 rings (SSSR count). The van der Waals surface area contributed by atoms with E-state index < -0.39 is 24.5 Å². The lowest BCUT2D eigenvalue weighted by molar-refractivity contribution is -0.147.